The summed E-state index contributed by atoms with van der Waals surface area (Å²) < 4.78 is 15.7. The molecule has 112 valence electrons. The molecule has 0 spiro atoms. The Balaban J connectivity index is 1.72. The summed E-state index contributed by atoms with van der Waals surface area (Å²) in [5, 5.41) is 1.40. The molecular weight excluding hydrogens is 275 g/mol. The van der Waals surface area contributed by atoms with Gasteiger partial charge in [0.15, 0.2) is 0 Å². The molecule has 1 aromatic carbocycles. The molecule has 22 heavy (non-hydrogen) atoms. The lowest BCUT2D eigenvalue weighted by molar-refractivity contribution is 0.602. The third-order valence-electron chi connectivity index (χ3n) is 4.67. The third kappa shape index (κ3) is 2.31. The maximum atomic E-state index is 13.3. The minimum Gasteiger partial charge on any atom is -0.344 e. The van der Waals surface area contributed by atoms with Gasteiger partial charge in [-0.2, -0.15) is 0 Å². The van der Waals surface area contributed by atoms with Gasteiger partial charge in [0.1, 0.15) is 5.82 Å². The number of fused-ring (bicyclic) bond motifs is 3. The fourth-order valence-corrected chi connectivity index (χ4v) is 3.68. The molecule has 1 aliphatic carbocycles. The van der Waals surface area contributed by atoms with Crippen molar-refractivity contribution in [2.75, 3.05) is 0 Å². The first-order chi connectivity index (χ1) is 10.8. The van der Waals surface area contributed by atoms with Crippen molar-refractivity contribution in [2.24, 2.45) is 0 Å². The van der Waals surface area contributed by atoms with Crippen molar-refractivity contribution in [3.05, 3.63) is 65.4 Å². The zero-order valence-corrected chi connectivity index (χ0v) is 12.6. The second-order valence-electron chi connectivity index (χ2n) is 6.06. The first kappa shape index (κ1) is 13.5. The zero-order chi connectivity index (χ0) is 14.9. The number of aryl methyl sites for hydroxylation is 3. The molecule has 4 rings (SSSR count). The average molecular weight is 294 g/mol. The normalized spacial score (nSPS) is 14.2. The van der Waals surface area contributed by atoms with E-state index in [-0.39, 0.29) is 5.82 Å². The van der Waals surface area contributed by atoms with Gasteiger partial charge in [-0.25, -0.2) is 4.39 Å². The Morgan fingerprint density at radius 3 is 2.86 bits per heavy atom. The summed E-state index contributed by atoms with van der Waals surface area (Å²) in [6.07, 6.45) is 8.74. The Kier molecular flexibility index (Phi) is 3.41. The number of aromatic nitrogens is 2. The summed E-state index contributed by atoms with van der Waals surface area (Å²) in [5.74, 6) is -0.253. The summed E-state index contributed by atoms with van der Waals surface area (Å²) in [6, 6.07) is 10.3. The number of halogens is 1. The molecule has 0 bridgehead atoms. The van der Waals surface area contributed by atoms with E-state index < -0.39 is 0 Å². The van der Waals surface area contributed by atoms with E-state index in [4.69, 9.17) is 0 Å². The monoisotopic (exact) mass is 294 g/mol. The van der Waals surface area contributed by atoms with Gasteiger partial charge in [-0.15, -0.1) is 0 Å². The molecule has 2 nitrogen and oxygen atoms in total. The van der Waals surface area contributed by atoms with Gasteiger partial charge in [-0.05, 0) is 55.4 Å². The molecule has 3 aromatic rings. The van der Waals surface area contributed by atoms with E-state index in [1.54, 1.807) is 12.3 Å². The van der Waals surface area contributed by atoms with Gasteiger partial charge in [0.25, 0.3) is 0 Å². The molecule has 1 aliphatic rings. The lowest BCUT2D eigenvalue weighted by Crippen LogP contribution is -2.10. The van der Waals surface area contributed by atoms with Crippen LogP contribution in [0.25, 0.3) is 10.9 Å². The number of nitrogens with zero attached hydrogens (tertiary/aromatic N) is 2. The van der Waals surface area contributed by atoms with Crippen LogP contribution < -0.4 is 0 Å². The number of pyridine rings is 1. The van der Waals surface area contributed by atoms with Crippen LogP contribution in [-0.4, -0.2) is 9.55 Å². The Morgan fingerprint density at radius 2 is 1.95 bits per heavy atom. The smallest absolute Gasteiger partial charge is 0.141 e. The second kappa shape index (κ2) is 5.56. The van der Waals surface area contributed by atoms with Crippen LogP contribution >= 0.6 is 0 Å². The molecular formula is C19H19FN2. The predicted octanol–water partition coefficient (Wildman–Crippen LogP) is 4.30. The van der Waals surface area contributed by atoms with Crippen LogP contribution in [-0.2, 0) is 25.8 Å². The van der Waals surface area contributed by atoms with Crippen molar-refractivity contribution in [1.29, 1.82) is 0 Å². The molecule has 0 atom stereocenters. The number of rotatable bonds is 3. The first-order valence-electron chi connectivity index (χ1n) is 8.01. The SMILES string of the molecule is Fc1cncc(CCn2c3c(c4ccccc42)CCCC3)c1. The number of para-hydroxylation sites is 1. The Bertz CT molecular complexity index is 819. The van der Waals surface area contributed by atoms with Crippen LogP contribution in [0.2, 0.25) is 0 Å². The van der Waals surface area contributed by atoms with Crippen molar-refractivity contribution in [1.82, 2.24) is 9.55 Å². The van der Waals surface area contributed by atoms with Crippen molar-refractivity contribution in [3.8, 4) is 0 Å². The van der Waals surface area contributed by atoms with Crippen LogP contribution in [0.3, 0.4) is 0 Å². The van der Waals surface area contributed by atoms with Gasteiger partial charge in [-0.1, -0.05) is 18.2 Å². The maximum absolute atomic E-state index is 13.3. The molecule has 0 saturated heterocycles. The van der Waals surface area contributed by atoms with E-state index in [9.17, 15) is 4.39 Å². The van der Waals surface area contributed by atoms with E-state index in [0.717, 1.165) is 24.9 Å². The molecule has 0 saturated carbocycles. The molecule has 0 fully saturated rings. The number of hydrogen-bond acceptors (Lipinski definition) is 1. The van der Waals surface area contributed by atoms with Gasteiger partial charge in [-0.3, -0.25) is 4.98 Å². The molecule has 0 aliphatic heterocycles. The van der Waals surface area contributed by atoms with Crippen LogP contribution in [0.5, 0.6) is 0 Å². The number of benzene rings is 1. The van der Waals surface area contributed by atoms with Gasteiger partial charge in [0.2, 0.25) is 0 Å². The summed E-state index contributed by atoms with van der Waals surface area (Å²) in [6.45, 7) is 0.890. The minimum atomic E-state index is -0.253. The summed E-state index contributed by atoms with van der Waals surface area (Å²) >= 11 is 0. The molecule has 3 heteroatoms. The van der Waals surface area contributed by atoms with E-state index in [0.29, 0.717) is 0 Å². The Morgan fingerprint density at radius 1 is 1.09 bits per heavy atom. The van der Waals surface area contributed by atoms with Gasteiger partial charge >= 0.3 is 0 Å². The van der Waals surface area contributed by atoms with Crippen LogP contribution in [0, 0.1) is 5.82 Å². The highest BCUT2D eigenvalue weighted by atomic mass is 19.1. The molecule has 2 aromatic heterocycles. The molecule has 2 heterocycles. The minimum absolute atomic E-state index is 0.253. The van der Waals surface area contributed by atoms with E-state index in [1.807, 2.05) is 0 Å². The quantitative estimate of drug-likeness (QED) is 0.704. The van der Waals surface area contributed by atoms with Gasteiger partial charge in [0, 0.05) is 29.3 Å². The molecule has 0 radical (unpaired) electrons. The van der Waals surface area contributed by atoms with Crippen molar-refractivity contribution >= 4 is 10.9 Å². The largest absolute Gasteiger partial charge is 0.344 e. The number of hydrogen-bond donors (Lipinski definition) is 0. The standard InChI is InChI=1S/C19H19FN2/c20-15-11-14(12-21-13-15)9-10-22-18-7-3-1-5-16(18)17-6-2-4-8-19(17)22/h1,3,5,7,11-13H,2,4,6,8-10H2. The van der Waals surface area contributed by atoms with Crippen LogP contribution in [0.1, 0.15) is 29.7 Å². The Labute approximate surface area is 129 Å². The van der Waals surface area contributed by atoms with Gasteiger partial charge in [0.05, 0.1) is 6.20 Å². The first-order valence-corrected chi connectivity index (χ1v) is 8.01. The van der Waals surface area contributed by atoms with Crippen molar-refractivity contribution < 1.29 is 4.39 Å². The van der Waals surface area contributed by atoms with E-state index in [1.165, 1.54) is 47.6 Å². The lowest BCUT2D eigenvalue weighted by atomic mass is 9.95. The fourth-order valence-electron chi connectivity index (χ4n) is 3.68. The van der Waals surface area contributed by atoms with Crippen molar-refractivity contribution in [2.45, 2.75) is 38.6 Å². The molecule has 0 unspecified atom stereocenters. The second-order valence-corrected chi connectivity index (χ2v) is 6.06. The lowest BCUT2D eigenvalue weighted by Gasteiger charge is -2.16. The van der Waals surface area contributed by atoms with Gasteiger partial charge < -0.3 is 4.57 Å². The summed E-state index contributed by atoms with van der Waals surface area (Å²) in [5.41, 5.74) is 5.29. The third-order valence-corrected chi connectivity index (χ3v) is 4.67. The average Bonchev–Trinajstić information content (AvgIpc) is 2.87. The zero-order valence-electron chi connectivity index (χ0n) is 12.6. The highest BCUT2D eigenvalue weighted by Crippen LogP contribution is 2.32. The highest BCUT2D eigenvalue weighted by Gasteiger charge is 2.19. The fraction of sp³-hybridized carbons (Fsp3) is 0.316. The van der Waals surface area contributed by atoms with Crippen LogP contribution in [0.4, 0.5) is 4.39 Å². The van der Waals surface area contributed by atoms with E-state index >= 15 is 0 Å². The topological polar surface area (TPSA) is 17.8 Å². The molecule has 0 amide bonds. The maximum Gasteiger partial charge on any atom is 0.141 e. The van der Waals surface area contributed by atoms with Crippen LogP contribution in [0.15, 0.2) is 42.7 Å². The summed E-state index contributed by atoms with van der Waals surface area (Å²) in [4.78, 5) is 3.95. The predicted molar refractivity (Wildman–Crippen MR) is 86.5 cm³/mol. The summed E-state index contributed by atoms with van der Waals surface area (Å²) in [7, 11) is 0. The van der Waals surface area contributed by atoms with E-state index in [2.05, 4.69) is 33.8 Å². The van der Waals surface area contributed by atoms with Crippen molar-refractivity contribution in [3.63, 3.8) is 0 Å². The molecule has 0 N–H and O–H groups in total. The Hall–Kier alpha value is -2.16. The highest BCUT2D eigenvalue weighted by molar-refractivity contribution is 5.85.